The molecule has 1 heterocycles. The van der Waals surface area contributed by atoms with Gasteiger partial charge in [0.1, 0.15) is 0 Å². The van der Waals surface area contributed by atoms with Crippen LogP contribution in [0.1, 0.15) is 19.8 Å². The predicted molar refractivity (Wildman–Crippen MR) is 35.8 cm³/mol. The van der Waals surface area contributed by atoms with Gasteiger partial charge in [-0.2, -0.15) is 0 Å². The molecule has 0 saturated carbocycles. The third-order valence-electron chi connectivity index (χ3n) is 1.52. The number of rotatable bonds is 1. The molecule has 0 radical (unpaired) electrons. The van der Waals surface area contributed by atoms with Crippen molar-refractivity contribution >= 4 is 0 Å². The maximum Gasteiger partial charge on any atom is 0.0250 e. The average Bonchev–Trinajstić information content (AvgIpc) is 2.19. The van der Waals surface area contributed by atoms with Crippen LogP contribution < -0.4 is 5.32 Å². The lowest BCUT2D eigenvalue weighted by Crippen LogP contribution is -2.17. The van der Waals surface area contributed by atoms with Gasteiger partial charge in [0.2, 0.25) is 0 Å². The van der Waals surface area contributed by atoms with Crippen LogP contribution in [0.5, 0.6) is 0 Å². The smallest absolute Gasteiger partial charge is 0.0250 e. The van der Waals surface area contributed by atoms with Gasteiger partial charge < -0.3 is 5.32 Å². The highest BCUT2D eigenvalue weighted by Gasteiger charge is 2.08. The topological polar surface area (TPSA) is 12.0 Å². The van der Waals surface area contributed by atoms with Crippen LogP contribution in [0, 0.1) is 0 Å². The first-order chi connectivity index (χ1) is 3.93. The van der Waals surface area contributed by atoms with E-state index in [1.807, 2.05) is 0 Å². The lowest BCUT2D eigenvalue weighted by atomic mass is 10.2. The van der Waals surface area contributed by atoms with Crippen LogP contribution in [0.15, 0.2) is 12.2 Å². The van der Waals surface area contributed by atoms with Gasteiger partial charge in [-0.15, -0.1) is 0 Å². The molecule has 0 spiro atoms. The first-order valence-electron chi connectivity index (χ1n) is 3.29. The summed E-state index contributed by atoms with van der Waals surface area (Å²) in [5.41, 5.74) is 0. The number of hydrogen-bond donors (Lipinski definition) is 1. The van der Waals surface area contributed by atoms with Gasteiger partial charge in [0, 0.05) is 6.04 Å². The van der Waals surface area contributed by atoms with E-state index in [2.05, 4.69) is 24.4 Å². The standard InChI is InChI=1S/C7H13N/c1-2-4-7-5-3-6-8-7/h2,4,7-8H,3,5-6H2,1H3/b4-2+/t7-/m1/s1. The average molecular weight is 111 g/mol. The molecular formula is C7H13N. The van der Waals surface area contributed by atoms with Crippen molar-refractivity contribution in [3.8, 4) is 0 Å². The fourth-order valence-corrected chi connectivity index (χ4v) is 1.11. The Kier molecular flexibility index (Phi) is 2.10. The molecule has 0 bridgehead atoms. The normalized spacial score (nSPS) is 29.9. The van der Waals surface area contributed by atoms with Gasteiger partial charge in [-0.05, 0) is 26.3 Å². The molecular weight excluding hydrogens is 98.1 g/mol. The first-order valence-corrected chi connectivity index (χ1v) is 3.29. The highest BCUT2D eigenvalue weighted by atomic mass is 14.9. The summed E-state index contributed by atoms with van der Waals surface area (Å²) < 4.78 is 0. The Morgan fingerprint density at radius 2 is 2.50 bits per heavy atom. The molecule has 8 heavy (non-hydrogen) atoms. The predicted octanol–water partition coefficient (Wildman–Crippen LogP) is 1.31. The van der Waals surface area contributed by atoms with E-state index in [1.54, 1.807) is 0 Å². The Balaban J connectivity index is 2.24. The number of nitrogens with one attached hydrogen (secondary N) is 1. The van der Waals surface area contributed by atoms with E-state index in [-0.39, 0.29) is 0 Å². The van der Waals surface area contributed by atoms with Crippen LogP contribution in [0.25, 0.3) is 0 Å². The zero-order valence-corrected chi connectivity index (χ0v) is 5.35. The maximum atomic E-state index is 3.37. The zero-order valence-electron chi connectivity index (χ0n) is 5.35. The molecule has 1 aliphatic heterocycles. The number of hydrogen-bond acceptors (Lipinski definition) is 1. The zero-order chi connectivity index (χ0) is 5.82. The van der Waals surface area contributed by atoms with Gasteiger partial charge in [0.05, 0.1) is 0 Å². The first kappa shape index (κ1) is 5.83. The van der Waals surface area contributed by atoms with Crippen molar-refractivity contribution < 1.29 is 0 Å². The summed E-state index contributed by atoms with van der Waals surface area (Å²) in [6.07, 6.45) is 7.01. The van der Waals surface area contributed by atoms with Crippen molar-refractivity contribution in [3.63, 3.8) is 0 Å². The monoisotopic (exact) mass is 111 g/mol. The fourth-order valence-electron chi connectivity index (χ4n) is 1.11. The molecule has 0 aromatic carbocycles. The third-order valence-corrected chi connectivity index (χ3v) is 1.52. The summed E-state index contributed by atoms with van der Waals surface area (Å²) in [6, 6.07) is 0.681. The van der Waals surface area contributed by atoms with Gasteiger partial charge >= 0.3 is 0 Å². The highest BCUT2D eigenvalue weighted by Crippen LogP contribution is 2.04. The molecule has 0 aromatic heterocycles. The van der Waals surface area contributed by atoms with Crippen molar-refractivity contribution in [2.45, 2.75) is 25.8 Å². The second-order valence-electron chi connectivity index (χ2n) is 2.23. The van der Waals surface area contributed by atoms with Gasteiger partial charge in [-0.3, -0.25) is 0 Å². The molecule has 1 saturated heterocycles. The van der Waals surface area contributed by atoms with Crippen LogP contribution in [-0.2, 0) is 0 Å². The van der Waals surface area contributed by atoms with E-state index < -0.39 is 0 Å². The summed E-state index contributed by atoms with van der Waals surface area (Å²) in [5.74, 6) is 0. The third kappa shape index (κ3) is 1.34. The van der Waals surface area contributed by atoms with Crippen LogP contribution in [0.4, 0.5) is 0 Å². The van der Waals surface area contributed by atoms with Crippen molar-refractivity contribution in [1.29, 1.82) is 0 Å². The van der Waals surface area contributed by atoms with E-state index in [1.165, 1.54) is 19.4 Å². The molecule has 0 amide bonds. The lowest BCUT2D eigenvalue weighted by Gasteiger charge is -1.99. The molecule has 1 atom stereocenters. The van der Waals surface area contributed by atoms with Crippen molar-refractivity contribution in [2.24, 2.45) is 0 Å². The summed E-state index contributed by atoms with van der Waals surface area (Å²) in [6.45, 7) is 3.27. The Morgan fingerprint density at radius 1 is 1.62 bits per heavy atom. The molecule has 1 heteroatoms. The largest absolute Gasteiger partial charge is 0.311 e. The van der Waals surface area contributed by atoms with E-state index in [0.717, 1.165) is 0 Å². The van der Waals surface area contributed by atoms with Crippen molar-refractivity contribution in [3.05, 3.63) is 12.2 Å². The van der Waals surface area contributed by atoms with Crippen LogP contribution in [0.2, 0.25) is 0 Å². The van der Waals surface area contributed by atoms with Gasteiger partial charge in [-0.25, -0.2) is 0 Å². The molecule has 0 aliphatic carbocycles. The summed E-state index contributed by atoms with van der Waals surface area (Å²) in [5, 5.41) is 3.37. The molecule has 1 fully saturated rings. The Bertz CT molecular complexity index is 80.4. The summed E-state index contributed by atoms with van der Waals surface area (Å²) >= 11 is 0. The Labute approximate surface area is 50.8 Å². The van der Waals surface area contributed by atoms with Gasteiger partial charge in [-0.1, -0.05) is 12.2 Å². The quantitative estimate of drug-likeness (QED) is 0.503. The second-order valence-corrected chi connectivity index (χ2v) is 2.23. The molecule has 1 aliphatic rings. The molecule has 0 aromatic rings. The second kappa shape index (κ2) is 2.88. The molecule has 0 unspecified atom stereocenters. The number of allylic oxidation sites excluding steroid dienone is 1. The molecule has 46 valence electrons. The Morgan fingerprint density at radius 3 is 3.00 bits per heavy atom. The minimum atomic E-state index is 0.681. The lowest BCUT2D eigenvalue weighted by molar-refractivity contribution is 0.727. The minimum Gasteiger partial charge on any atom is -0.311 e. The molecule has 1 nitrogen and oxygen atoms in total. The molecule has 1 rings (SSSR count). The van der Waals surface area contributed by atoms with Crippen molar-refractivity contribution in [2.75, 3.05) is 6.54 Å². The van der Waals surface area contributed by atoms with E-state index >= 15 is 0 Å². The van der Waals surface area contributed by atoms with E-state index in [4.69, 9.17) is 0 Å². The fraction of sp³-hybridized carbons (Fsp3) is 0.714. The minimum absolute atomic E-state index is 0.681. The van der Waals surface area contributed by atoms with Crippen LogP contribution in [-0.4, -0.2) is 12.6 Å². The van der Waals surface area contributed by atoms with E-state index in [0.29, 0.717) is 6.04 Å². The molecule has 1 N–H and O–H groups in total. The Hall–Kier alpha value is -0.300. The van der Waals surface area contributed by atoms with Crippen LogP contribution in [0.3, 0.4) is 0 Å². The van der Waals surface area contributed by atoms with Crippen LogP contribution >= 0.6 is 0 Å². The maximum absolute atomic E-state index is 3.37. The summed E-state index contributed by atoms with van der Waals surface area (Å²) in [4.78, 5) is 0. The van der Waals surface area contributed by atoms with Crippen molar-refractivity contribution in [1.82, 2.24) is 5.32 Å². The highest BCUT2D eigenvalue weighted by molar-refractivity contribution is 4.93. The van der Waals surface area contributed by atoms with Gasteiger partial charge in [0.15, 0.2) is 0 Å². The SMILES string of the molecule is C/C=C/[C@@H]1CCCN1. The van der Waals surface area contributed by atoms with E-state index in [9.17, 15) is 0 Å². The summed E-state index contributed by atoms with van der Waals surface area (Å²) in [7, 11) is 0. The van der Waals surface area contributed by atoms with Gasteiger partial charge in [0.25, 0.3) is 0 Å².